The van der Waals surface area contributed by atoms with Crippen LogP contribution in [-0.4, -0.2) is 22.3 Å². The van der Waals surface area contributed by atoms with Gasteiger partial charge >= 0.3 is 5.97 Å². The lowest BCUT2D eigenvalue weighted by molar-refractivity contribution is -0.131. The Morgan fingerprint density at radius 1 is 1.35 bits per heavy atom. The molecule has 0 fully saturated rings. The first-order valence-corrected chi connectivity index (χ1v) is 5.73. The van der Waals surface area contributed by atoms with Crippen molar-refractivity contribution in [3.05, 3.63) is 48.0 Å². The maximum Gasteiger partial charge on any atom is 0.327 e. The number of hydrogen-bond acceptors (Lipinski definition) is 2. The molecule has 0 aromatic heterocycles. The van der Waals surface area contributed by atoms with Crippen LogP contribution in [0.2, 0.25) is 0 Å². The summed E-state index contributed by atoms with van der Waals surface area (Å²) in [6.45, 7) is 1.97. The van der Waals surface area contributed by atoms with Gasteiger partial charge in [-0.15, -0.1) is 0 Å². The van der Waals surface area contributed by atoms with Crippen molar-refractivity contribution in [2.75, 3.05) is 0 Å². The lowest BCUT2D eigenvalue weighted by Gasteiger charge is -2.18. The van der Waals surface area contributed by atoms with Crippen LogP contribution in [0.15, 0.2) is 42.5 Å². The zero-order valence-corrected chi connectivity index (χ0v) is 9.91. The number of aliphatic hydroxyl groups is 1. The van der Waals surface area contributed by atoms with Crippen molar-refractivity contribution in [2.24, 2.45) is 0 Å². The molecule has 0 saturated carbocycles. The predicted molar refractivity (Wildman–Crippen MR) is 66.9 cm³/mol. The highest BCUT2D eigenvalue weighted by molar-refractivity contribution is 5.79. The highest BCUT2D eigenvalue weighted by Gasteiger charge is 2.14. The molecule has 3 heteroatoms. The lowest BCUT2D eigenvalue weighted by atomic mass is 9.93. The number of benzene rings is 1. The van der Waals surface area contributed by atoms with E-state index in [1.807, 2.05) is 37.3 Å². The van der Waals surface area contributed by atoms with Crippen molar-refractivity contribution >= 4 is 5.97 Å². The van der Waals surface area contributed by atoms with Crippen LogP contribution < -0.4 is 0 Å². The van der Waals surface area contributed by atoms with Crippen molar-refractivity contribution in [1.29, 1.82) is 0 Å². The van der Waals surface area contributed by atoms with Crippen molar-refractivity contribution in [3.8, 4) is 0 Å². The highest BCUT2D eigenvalue weighted by Crippen LogP contribution is 2.21. The quantitative estimate of drug-likeness (QED) is 0.744. The van der Waals surface area contributed by atoms with Gasteiger partial charge in [-0.25, -0.2) is 4.79 Å². The van der Waals surface area contributed by atoms with E-state index < -0.39 is 12.1 Å². The molecule has 3 nitrogen and oxygen atoms in total. The topological polar surface area (TPSA) is 57.5 Å². The third kappa shape index (κ3) is 4.83. The number of rotatable bonds is 6. The molecule has 0 heterocycles. The summed E-state index contributed by atoms with van der Waals surface area (Å²) in [7, 11) is 0. The molecule has 0 spiro atoms. The summed E-state index contributed by atoms with van der Waals surface area (Å²) >= 11 is 0. The van der Waals surface area contributed by atoms with Crippen molar-refractivity contribution in [3.63, 3.8) is 0 Å². The molecule has 2 unspecified atom stereocenters. The second-order valence-corrected chi connectivity index (χ2v) is 4.08. The average Bonchev–Trinajstić information content (AvgIpc) is 2.34. The van der Waals surface area contributed by atoms with E-state index in [9.17, 15) is 9.90 Å². The van der Waals surface area contributed by atoms with Gasteiger partial charge in [0.05, 0.1) is 6.10 Å². The molecule has 0 aliphatic heterocycles. The van der Waals surface area contributed by atoms with Crippen LogP contribution in [0.3, 0.4) is 0 Å². The molecule has 0 bridgehead atoms. The molecular formula is C14H18O3. The minimum Gasteiger partial charge on any atom is -0.478 e. The average molecular weight is 234 g/mol. The molecular weight excluding hydrogens is 216 g/mol. The van der Waals surface area contributed by atoms with Crippen LogP contribution in [0.25, 0.3) is 0 Å². The second kappa shape index (κ2) is 6.86. The molecule has 0 radical (unpaired) electrons. The standard InChI is InChI=1S/C14H18O3/c1-11(12-7-3-2-4-8-12)13(15)9-5-6-10-14(16)17/h2-4,6-8,10-11,13,15H,5,9H2,1H3,(H,16,17)/b10-6+. The largest absolute Gasteiger partial charge is 0.478 e. The molecule has 17 heavy (non-hydrogen) atoms. The number of carboxylic acids is 1. The minimum atomic E-state index is -0.949. The number of aliphatic carboxylic acids is 1. The van der Waals surface area contributed by atoms with Gasteiger partial charge in [0.2, 0.25) is 0 Å². The van der Waals surface area contributed by atoms with E-state index in [2.05, 4.69) is 0 Å². The Bertz CT molecular complexity index is 370. The van der Waals surface area contributed by atoms with Gasteiger partial charge in [0.1, 0.15) is 0 Å². The molecule has 2 N–H and O–H groups in total. The fraction of sp³-hybridized carbons (Fsp3) is 0.357. The van der Waals surface area contributed by atoms with Gasteiger partial charge in [-0.2, -0.15) is 0 Å². The molecule has 1 aromatic rings. The molecule has 2 atom stereocenters. The molecule has 0 aliphatic rings. The van der Waals surface area contributed by atoms with Gasteiger partial charge in [0.15, 0.2) is 0 Å². The minimum absolute atomic E-state index is 0.0643. The maximum absolute atomic E-state index is 10.3. The third-order valence-electron chi connectivity index (χ3n) is 2.79. The summed E-state index contributed by atoms with van der Waals surface area (Å²) in [6.07, 6.45) is 3.38. The van der Waals surface area contributed by atoms with Crippen LogP contribution >= 0.6 is 0 Å². The fourth-order valence-corrected chi connectivity index (χ4v) is 1.68. The number of aliphatic hydroxyl groups excluding tert-OH is 1. The third-order valence-corrected chi connectivity index (χ3v) is 2.79. The van der Waals surface area contributed by atoms with Crippen LogP contribution in [-0.2, 0) is 4.79 Å². The van der Waals surface area contributed by atoms with Crippen LogP contribution in [0.1, 0.15) is 31.2 Å². The Labute approximate surface area is 101 Å². The van der Waals surface area contributed by atoms with E-state index in [1.54, 1.807) is 6.08 Å². The summed E-state index contributed by atoms with van der Waals surface area (Å²) in [5, 5.41) is 18.4. The zero-order chi connectivity index (χ0) is 12.7. The second-order valence-electron chi connectivity index (χ2n) is 4.08. The monoisotopic (exact) mass is 234 g/mol. The van der Waals surface area contributed by atoms with Gasteiger partial charge in [-0.3, -0.25) is 0 Å². The number of hydrogen-bond donors (Lipinski definition) is 2. The first-order chi connectivity index (χ1) is 8.11. The van der Waals surface area contributed by atoms with Crippen molar-refractivity contribution < 1.29 is 15.0 Å². The first kappa shape index (κ1) is 13.5. The number of carboxylic acid groups (broad SMARTS) is 1. The van der Waals surface area contributed by atoms with Gasteiger partial charge in [-0.1, -0.05) is 43.3 Å². The first-order valence-electron chi connectivity index (χ1n) is 5.73. The van der Waals surface area contributed by atoms with E-state index in [1.165, 1.54) is 0 Å². The Morgan fingerprint density at radius 2 is 2.00 bits per heavy atom. The van der Waals surface area contributed by atoms with Gasteiger partial charge in [0, 0.05) is 12.0 Å². The Morgan fingerprint density at radius 3 is 2.59 bits per heavy atom. The normalized spacial score (nSPS) is 14.7. The summed E-state index contributed by atoms with van der Waals surface area (Å²) in [6, 6.07) is 9.81. The Kier molecular flexibility index (Phi) is 5.43. The summed E-state index contributed by atoms with van der Waals surface area (Å²) in [5.74, 6) is -0.884. The zero-order valence-electron chi connectivity index (χ0n) is 9.91. The van der Waals surface area contributed by atoms with Gasteiger partial charge < -0.3 is 10.2 Å². The van der Waals surface area contributed by atoms with E-state index in [-0.39, 0.29) is 5.92 Å². The number of carbonyl (C=O) groups is 1. The smallest absolute Gasteiger partial charge is 0.327 e. The number of allylic oxidation sites excluding steroid dienone is 1. The van der Waals surface area contributed by atoms with Crippen molar-refractivity contribution in [1.82, 2.24) is 0 Å². The van der Waals surface area contributed by atoms with Crippen LogP contribution in [0.4, 0.5) is 0 Å². The SMILES string of the molecule is CC(c1ccccc1)C(O)CC/C=C/C(=O)O. The Balaban J connectivity index is 2.42. The van der Waals surface area contributed by atoms with Crippen LogP contribution in [0, 0.1) is 0 Å². The molecule has 92 valence electrons. The molecule has 1 aromatic carbocycles. The van der Waals surface area contributed by atoms with Gasteiger partial charge in [-0.05, 0) is 18.4 Å². The molecule has 0 saturated heterocycles. The summed E-state index contributed by atoms with van der Waals surface area (Å²) in [4.78, 5) is 10.3. The molecule has 0 amide bonds. The molecule has 0 aliphatic carbocycles. The van der Waals surface area contributed by atoms with E-state index in [0.717, 1.165) is 11.6 Å². The lowest BCUT2D eigenvalue weighted by Crippen LogP contribution is -2.15. The van der Waals surface area contributed by atoms with Gasteiger partial charge in [0.25, 0.3) is 0 Å². The van der Waals surface area contributed by atoms with Crippen LogP contribution in [0.5, 0.6) is 0 Å². The van der Waals surface area contributed by atoms with Crippen molar-refractivity contribution in [2.45, 2.75) is 31.8 Å². The predicted octanol–water partition coefficient (Wildman–Crippen LogP) is 2.57. The summed E-state index contributed by atoms with van der Waals surface area (Å²) < 4.78 is 0. The maximum atomic E-state index is 10.3. The molecule has 1 rings (SSSR count). The summed E-state index contributed by atoms with van der Waals surface area (Å²) in [5.41, 5.74) is 1.10. The van der Waals surface area contributed by atoms with E-state index in [0.29, 0.717) is 12.8 Å². The highest BCUT2D eigenvalue weighted by atomic mass is 16.4. The van der Waals surface area contributed by atoms with E-state index in [4.69, 9.17) is 5.11 Å². The van der Waals surface area contributed by atoms with E-state index >= 15 is 0 Å². The Hall–Kier alpha value is -1.61. The fourth-order valence-electron chi connectivity index (χ4n) is 1.68.